The van der Waals surface area contributed by atoms with Crippen molar-refractivity contribution in [3.8, 4) is 5.75 Å². The number of benzene rings is 1. The fourth-order valence-electron chi connectivity index (χ4n) is 2.60. The van der Waals surface area contributed by atoms with E-state index in [1.165, 1.54) is 4.90 Å². The van der Waals surface area contributed by atoms with E-state index in [4.69, 9.17) is 10.5 Å². The highest BCUT2D eigenvalue weighted by atomic mass is 16.5. The summed E-state index contributed by atoms with van der Waals surface area (Å²) in [6.07, 6.45) is 0.817. The maximum absolute atomic E-state index is 12.0. The molecule has 1 aromatic rings. The van der Waals surface area contributed by atoms with E-state index in [1.54, 1.807) is 0 Å². The molecule has 1 unspecified atom stereocenters. The number of amides is 2. The number of carbonyl (C=O) groups excluding carboxylic acids is 2. The lowest BCUT2D eigenvalue weighted by atomic mass is 9.96. The summed E-state index contributed by atoms with van der Waals surface area (Å²) < 4.78 is 5.55. The zero-order valence-corrected chi connectivity index (χ0v) is 12.5. The number of likely N-dealkylation sites (tertiary alicyclic amines) is 1. The highest BCUT2D eigenvalue weighted by Crippen LogP contribution is 2.26. The van der Waals surface area contributed by atoms with Crippen LogP contribution in [0.2, 0.25) is 0 Å². The molecule has 0 spiro atoms. The zero-order valence-electron chi connectivity index (χ0n) is 12.5. The summed E-state index contributed by atoms with van der Waals surface area (Å²) in [6.45, 7) is 4.57. The largest absolute Gasteiger partial charge is 0.494 e. The number of piperidine rings is 1. The summed E-state index contributed by atoms with van der Waals surface area (Å²) in [5, 5.41) is 0. The second-order valence-corrected chi connectivity index (χ2v) is 5.49. The number of carbonyl (C=O) groups is 2. The Morgan fingerprint density at radius 3 is 2.52 bits per heavy atom. The smallest absolute Gasteiger partial charge is 0.229 e. The van der Waals surface area contributed by atoms with Crippen LogP contribution in [0.3, 0.4) is 0 Å². The van der Waals surface area contributed by atoms with Crippen LogP contribution in [0.5, 0.6) is 5.75 Å². The van der Waals surface area contributed by atoms with Crippen molar-refractivity contribution in [1.29, 1.82) is 0 Å². The third kappa shape index (κ3) is 3.61. The van der Waals surface area contributed by atoms with E-state index in [2.05, 4.69) is 0 Å². The number of imide groups is 1. The number of nitrogens with zero attached hydrogens (tertiary/aromatic N) is 1. The van der Waals surface area contributed by atoms with Gasteiger partial charge in [-0.05, 0) is 18.9 Å². The van der Waals surface area contributed by atoms with Crippen molar-refractivity contribution in [3.63, 3.8) is 0 Å². The molecule has 1 heterocycles. The van der Waals surface area contributed by atoms with Gasteiger partial charge < -0.3 is 10.5 Å². The number of nitrogens with two attached hydrogens (primary N) is 1. The molecule has 1 aliphatic heterocycles. The summed E-state index contributed by atoms with van der Waals surface area (Å²) in [6, 6.07) is 7.03. The minimum Gasteiger partial charge on any atom is -0.494 e. The van der Waals surface area contributed by atoms with Crippen LogP contribution in [-0.4, -0.2) is 29.9 Å². The van der Waals surface area contributed by atoms with Gasteiger partial charge in [-0.1, -0.05) is 25.1 Å². The molecule has 1 aliphatic rings. The Kier molecular flexibility index (Phi) is 4.96. The van der Waals surface area contributed by atoms with Crippen LogP contribution in [0.15, 0.2) is 24.3 Å². The molecule has 2 amide bonds. The van der Waals surface area contributed by atoms with E-state index in [0.29, 0.717) is 25.2 Å². The minimum absolute atomic E-state index is 0.119. The molecule has 5 nitrogen and oxygen atoms in total. The van der Waals surface area contributed by atoms with E-state index < -0.39 is 6.04 Å². The Labute approximate surface area is 125 Å². The van der Waals surface area contributed by atoms with Gasteiger partial charge in [0.1, 0.15) is 5.75 Å². The fourth-order valence-corrected chi connectivity index (χ4v) is 2.60. The molecule has 1 atom stereocenters. The van der Waals surface area contributed by atoms with Crippen molar-refractivity contribution in [3.05, 3.63) is 29.8 Å². The first kappa shape index (κ1) is 15.5. The third-order valence-electron chi connectivity index (χ3n) is 3.65. The first-order valence-corrected chi connectivity index (χ1v) is 7.33. The standard InChI is InChI=1S/C16H22N2O3/c1-3-21-14-7-5-4-6-12(14)13(17)10-18-15(19)8-11(2)9-16(18)20/h4-7,11,13H,3,8-10,17H2,1-2H3. The summed E-state index contributed by atoms with van der Waals surface area (Å²) >= 11 is 0. The van der Waals surface area contributed by atoms with Crippen LogP contribution in [0.25, 0.3) is 0 Å². The summed E-state index contributed by atoms with van der Waals surface area (Å²) in [4.78, 5) is 25.3. The number of hydrogen-bond donors (Lipinski definition) is 1. The first-order chi connectivity index (χ1) is 10.0. The van der Waals surface area contributed by atoms with Crippen molar-refractivity contribution in [1.82, 2.24) is 4.90 Å². The van der Waals surface area contributed by atoms with Crippen molar-refractivity contribution >= 4 is 11.8 Å². The molecule has 0 bridgehead atoms. The average molecular weight is 290 g/mol. The highest BCUT2D eigenvalue weighted by Gasteiger charge is 2.31. The van der Waals surface area contributed by atoms with Gasteiger partial charge in [0.25, 0.3) is 0 Å². The van der Waals surface area contributed by atoms with Gasteiger partial charge in [-0.25, -0.2) is 0 Å². The average Bonchev–Trinajstić information content (AvgIpc) is 2.43. The van der Waals surface area contributed by atoms with Crippen molar-refractivity contribution in [2.24, 2.45) is 11.7 Å². The molecule has 0 aromatic heterocycles. The van der Waals surface area contributed by atoms with E-state index in [0.717, 1.165) is 5.56 Å². The second kappa shape index (κ2) is 6.72. The van der Waals surface area contributed by atoms with Crippen LogP contribution < -0.4 is 10.5 Å². The van der Waals surface area contributed by atoms with Gasteiger partial charge in [0.15, 0.2) is 0 Å². The number of rotatable bonds is 5. The molecular formula is C16H22N2O3. The van der Waals surface area contributed by atoms with Crippen LogP contribution >= 0.6 is 0 Å². The number of ether oxygens (including phenoxy) is 1. The Morgan fingerprint density at radius 1 is 1.29 bits per heavy atom. The third-order valence-corrected chi connectivity index (χ3v) is 3.65. The zero-order chi connectivity index (χ0) is 15.4. The van der Waals surface area contributed by atoms with E-state index >= 15 is 0 Å². The molecule has 0 aliphatic carbocycles. The fraction of sp³-hybridized carbons (Fsp3) is 0.500. The van der Waals surface area contributed by atoms with Gasteiger partial charge >= 0.3 is 0 Å². The maximum atomic E-state index is 12.0. The Balaban J connectivity index is 2.12. The lowest BCUT2D eigenvalue weighted by Gasteiger charge is -2.30. The van der Waals surface area contributed by atoms with Gasteiger partial charge in [-0.3, -0.25) is 14.5 Å². The van der Waals surface area contributed by atoms with Gasteiger partial charge in [0.05, 0.1) is 12.6 Å². The van der Waals surface area contributed by atoms with E-state index in [-0.39, 0.29) is 24.3 Å². The van der Waals surface area contributed by atoms with Crippen molar-refractivity contribution in [2.75, 3.05) is 13.2 Å². The molecule has 1 aromatic carbocycles. The molecule has 2 N–H and O–H groups in total. The molecule has 2 rings (SSSR count). The lowest BCUT2D eigenvalue weighted by molar-refractivity contribution is -0.150. The van der Waals surface area contributed by atoms with Crippen molar-refractivity contribution in [2.45, 2.75) is 32.7 Å². The summed E-state index contributed by atoms with van der Waals surface area (Å²) in [5.74, 6) is 0.553. The minimum atomic E-state index is -0.436. The van der Waals surface area contributed by atoms with Crippen LogP contribution in [0.1, 0.15) is 38.3 Å². The Bertz CT molecular complexity index is 512. The molecule has 5 heteroatoms. The van der Waals surface area contributed by atoms with Gasteiger partial charge in [0, 0.05) is 24.9 Å². The molecular weight excluding hydrogens is 268 g/mol. The quantitative estimate of drug-likeness (QED) is 0.840. The molecule has 114 valence electrons. The lowest BCUT2D eigenvalue weighted by Crippen LogP contribution is -2.46. The van der Waals surface area contributed by atoms with E-state index in [9.17, 15) is 9.59 Å². The van der Waals surface area contributed by atoms with Gasteiger partial charge in [-0.15, -0.1) is 0 Å². The van der Waals surface area contributed by atoms with Gasteiger partial charge in [-0.2, -0.15) is 0 Å². The highest BCUT2D eigenvalue weighted by molar-refractivity contribution is 5.97. The first-order valence-electron chi connectivity index (χ1n) is 7.33. The van der Waals surface area contributed by atoms with Crippen molar-refractivity contribution < 1.29 is 14.3 Å². The second-order valence-electron chi connectivity index (χ2n) is 5.49. The number of hydrogen-bond acceptors (Lipinski definition) is 4. The molecule has 1 saturated heterocycles. The molecule has 1 fully saturated rings. The SMILES string of the molecule is CCOc1ccccc1C(N)CN1C(=O)CC(C)CC1=O. The normalized spacial score (nSPS) is 18.0. The molecule has 0 radical (unpaired) electrons. The maximum Gasteiger partial charge on any atom is 0.229 e. The predicted octanol–water partition coefficient (Wildman–Crippen LogP) is 1.87. The topological polar surface area (TPSA) is 72.6 Å². The summed E-state index contributed by atoms with van der Waals surface area (Å²) in [7, 11) is 0. The summed E-state index contributed by atoms with van der Waals surface area (Å²) in [5.41, 5.74) is 7.01. The van der Waals surface area contributed by atoms with Crippen LogP contribution in [-0.2, 0) is 9.59 Å². The van der Waals surface area contributed by atoms with Crippen LogP contribution in [0.4, 0.5) is 0 Å². The number of para-hydroxylation sites is 1. The molecule has 21 heavy (non-hydrogen) atoms. The Morgan fingerprint density at radius 2 is 1.90 bits per heavy atom. The Hall–Kier alpha value is -1.88. The van der Waals surface area contributed by atoms with Crippen LogP contribution in [0, 0.1) is 5.92 Å². The molecule has 0 saturated carbocycles. The van der Waals surface area contributed by atoms with Gasteiger partial charge in [0.2, 0.25) is 11.8 Å². The predicted molar refractivity (Wildman–Crippen MR) is 79.7 cm³/mol. The monoisotopic (exact) mass is 290 g/mol. The van der Waals surface area contributed by atoms with E-state index in [1.807, 2.05) is 38.1 Å².